The molecule has 32 heavy (non-hydrogen) atoms. The molecular formula is C21H27N5O5S. The molecule has 5 rings (SSSR count). The van der Waals surface area contributed by atoms with Crippen LogP contribution in [0.5, 0.6) is 11.5 Å². The van der Waals surface area contributed by atoms with Gasteiger partial charge >= 0.3 is 0 Å². The van der Waals surface area contributed by atoms with E-state index in [0.717, 1.165) is 49.5 Å². The number of amides is 1. The SMILES string of the molecule is O=C(Cn1cnc(S(=O)(=O)N2CCCC2)c1)N1CCN(Cc2ccc3c(c2)OCO3)CC1. The second-order valence-electron chi connectivity index (χ2n) is 8.34. The molecule has 10 nitrogen and oxygen atoms in total. The number of rotatable bonds is 6. The minimum absolute atomic E-state index is 0.0146. The number of benzene rings is 1. The van der Waals surface area contributed by atoms with E-state index in [1.54, 1.807) is 4.57 Å². The summed E-state index contributed by atoms with van der Waals surface area (Å²) in [6.45, 7) is 5.03. The molecule has 2 saturated heterocycles. The maximum atomic E-state index is 12.7. The Morgan fingerprint density at radius 2 is 1.75 bits per heavy atom. The van der Waals surface area contributed by atoms with Gasteiger partial charge in [0.25, 0.3) is 10.0 Å². The fraction of sp³-hybridized carbons (Fsp3) is 0.524. The topological polar surface area (TPSA) is 97.2 Å². The Morgan fingerprint density at radius 1 is 1.00 bits per heavy atom. The van der Waals surface area contributed by atoms with Crippen LogP contribution in [0.3, 0.4) is 0 Å². The van der Waals surface area contributed by atoms with Crippen LogP contribution in [0, 0.1) is 0 Å². The number of imidazole rings is 1. The Labute approximate surface area is 187 Å². The molecule has 0 atom stereocenters. The first-order valence-corrected chi connectivity index (χ1v) is 12.3. The highest BCUT2D eigenvalue weighted by Gasteiger charge is 2.29. The van der Waals surface area contributed by atoms with Gasteiger partial charge in [0.2, 0.25) is 12.7 Å². The van der Waals surface area contributed by atoms with Gasteiger partial charge in [-0.2, -0.15) is 4.31 Å². The highest BCUT2D eigenvalue weighted by atomic mass is 32.2. The minimum Gasteiger partial charge on any atom is -0.454 e. The van der Waals surface area contributed by atoms with Gasteiger partial charge in [-0.3, -0.25) is 9.69 Å². The van der Waals surface area contributed by atoms with E-state index in [9.17, 15) is 13.2 Å². The van der Waals surface area contributed by atoms with Gasteiger partial charge in [0.05, 0.1) is 6.33 Å². The number of hydrogen-bond acceptors (Lipinski definition) is 7. The zero-order chi connectivity index (χ0) is 22.1. The lowest BCUT2D eigenvalue weighted by Gasteiger charge is -2.34. The summed E-state index contributed by atoms with van der Waals surface area (Å²) in [7, 11) is -3.57. The molecule has 0 radical (unpaired) electrons. The van der Waals surface area contributed by atoms with Crippen molar-refractivity contribution in [3.63, 3.8) is 0 Å². The summed E-state index contributed by atoms with van der Waals surface area (Å²) >= 11 is 0. The van der Waals surface area contributed by atoms with Crippen LogP contribution in [-0.4, -0.2) is 84.0 Å². The van der Waals surface area contributed by atoms with Gasteiger partial charge in [-0.15, -0.1) is 0 Å². The van der Waals surface area contributed by atoms with Crippen molar-refractivity contribution in [2.75, 3.05) is 46.1 Å². The van der Waals surface area contributed by atoms with E-state index < -0.39 is 10.0 Å². The second-order valence-corrected chi connectivity index (χ2v) is 10.2. The van der Waals surface area contributed by atoms with Crippen molar-refractivity contribution in [1.29, 1.82) is 0 Å². The van der Waals surface area contributed by atoms with Crippen LogP contribution in [-0.2, 0) is 27.9 Å². The summed E-state index contributed by atoms with van der Waals surface area (Å²) in [4.78, 5) is 20.9. The molecule has 172 valence electrons. The summed E-state index contributed by atoms with van der Waals surface area (Å²) in [5, 5.41) is 0.0146. The summed E-state index contributed by atoms with van der Waals surface area (Å²) in [6, 6.07) is 5.98. The van der Waals surface area contributed by atoms with Gasteiger partial charge in [-0.25, -0.2) is 13.4 Å². The molecule has 0 N–H and O–H groups in total. The van der Waals surface area contributed by atoms with Crippen LogP contribution in [0.2, 0.25) is 0 Å². The van der Waals surface area contributed by atoms with Crippen LogP contribution in [0.15, 0.2) is 35.7 Å². The molecular weight excluding hydrogens is 434 g/mol. The summed E-state index contributed by atoms with van der Waals surface area (Å²) in [6.07, 6.45) is 4.64. The number of sulfonamides is 1. The monoisotopic (exact) mass is 461 g/mol. The van der Waals surface area contributed by atoms with Gasteiger partial charge in [0.15, 0.2) is 16.5 Å². The number of carbonyl (C=O) groups is 1. The van der Waals surface area contributed by atoms with Gasteiger partial charge in [-0.1, -0.05) is 6.07 Å². The van der Waals surface area contributed by atoms with Crippen molar-refractivity contribution >= 4 is 15.9 Å². The van der Waals surface area contributed by atoms with Crippen molar-refractivity contribution in [2.24, 2.45) is 0 Å². The van der Waals surface area contributed by atoms with Crippen LogP contribution in [0.1, 0.15) is 18.4 Å². The predicted molar refractivity (Wildman–Crippen MR) is 115 cm³/mol. The number of piperazine rings is 1. The number of nitrogens with zero attached hydrogens (tertiary/aromatic N) is 5. The number of ether oxygens (including phenoxy) is 2. The van der Waals surface area contributed by atoms with E-state index >= 15 is 0 Å². The quantitative estimate of drug-likeness (QED) is 0.626. The Bertz CT molecular complexity index is 1090. The molecule has 2 aromatic rings. The maximum Gasteiger partial charge on any atom is 0.262 e. The Hall–Kier alpha value is -2.63. The fourth-order valence-corrected chi connectivity index (χ4v) is 5.78. The highest BCUT2D eigenvalue weighted by Crippen LogP contribution is 2.32. The van der Waals surface area contributed by atoms with E-state index in [4.69, 9.17) is 9.47 Å². The second kappa shape index (κ2) is 8.72. The van der Waals surface area contributed by atoms with E-state index in [2.05, 4.69) is 9.88 Å². The predicted octanol–water partition coefficient (Wildman–Crippen LogP) is 0.741. The van der Waals surface area contributed by atoms with Crippen LogP contribution >= 0.6 is 0 Å². The third-order valence-corrected chi connectivity index (χ3v) is 7.95. The lowest BCUT2D eigenvalue weighted by atomic mass is 10.1. The van der Waals surface area contributed by atoms with Crippen molar-refractivity contribution in [2.45, 2.75) is 31.0 Å². The third kappa shape index (κ3) is 4.32. The standard InChI is InChI=1S/C21H27N5O5S/c27-21(14-24-13-20(22-15-24)32(28,29)26-5-1-2-6-26)25-9-7-23(8-10-25)12-17-3-4-18-19(11-17)31-16-30-18/h3-4,11,13,15H,1-2,5-10,12,14,16H2. The first-order chi connectivity index (χ1) is 15.5. The number of fused-ring (bicyclic) bond motifs is 1. The maximum absolute atomic E-state index is 12.7. The summed E-state index contributed by atoms with van der Waals surface area (Å²) in [5.41, 5.74) is 1.15. The normalized spacial score (nSPS) is 19.6. The smallest absolute Gasteiger partial charge is 0.262 e. The zero-order valence-electron chi connectivity index (χ0n) is 17.9. The van der Waals surface area contributed by atoms with E-state index in [1.165, 1.54) is 16.8 Å². The summed E-state index contributed by atoms with van der Waals surface area (Å²) in [5.74, 6) is 1.53. The number of carbonyl (C=O) groups excluding carboxylic acids is 1. The first kappa shape index (κ1) is 21.2. The molecule has 1 aromatic heterocycles. The Balaban J connectivity index is 1.13. The fourth-order valence-electron chi connectivity index (χ4n) is 4.33. The molecule has 0 unspecified atom stereocenters. The molecule has 0 spiro atoms. The van der Waals surface area contributed by atoms with Crippen molar-refractivity contribution in [3.8, 4) is 11.5 Å². The van der Waals surface area contributed by atoms with Crippen LogP contribution in [0.4, 0.5) is 0 Å². The highest BCUT2D eigenvalue weighted by molar-refractivity contribution is 7.89. The third-order valence-electron chi connectivity index (χ3n) is 6.16. The van der Waals surface area contributed by atoms with Gasteiger partial charge in [0, 0.05) is 52.0 Å². The molecule has 1 amide bonds. The molecule has 3 aliphatic heterocycles. The molecule has 2 fully saturated rings. The van der Waals surface area contributed by atoms with Crippen molar-refractivity contribution in [3.05, 3.63) is 36.3 Å². The van der Waals surface area contributed by atoms with E-state index in [0.29, 0.717) is 26.2 Å². The molecule has 4 heterocycles. The molecule has 3 aliphatic rings. The van der Waals surface area contributed by atoms with E-state index in [-0.39, 0.29) is 24.3 Å². The Morgan fingerprint density at radius 3 is 2.53 bits per heavy atom. The molecule has 11 heteroatoms. The summed E-state index contributed by atoms with van der Waals surface area (Å²) < 4.78 is 39.1. The molecule has 0 saturated carbocycles. The molecule has 0 bridgehead atoms. The molecule has 1 aromatic carbocycles. The lowest BCUT2D eigenvalue weighted by Crippen LogP contribution is -2.49. The zero-order valence-corrected chi connectivity index (χ0v) is 18.7. The number of aromatic nitrogens is 2. The largest absolute Gasteiger partial charge is 0.454 e. The van der Waals surface area contributed by atoms with Crippen LogP contribution < -0.4 is 9.47 Å². The average Bonchev–Trinajstić information content (AvgIpc) is 3.55. The average molecular weight is 462 g/mol. The lowest BCUT2D eigenvalue weighted by molar-refractivity contribution is -0.133. The van der Waals surface area contributed by atoms with Crippen LogP contribution in [0.25, 0.3) is 0 Å². The van der Waals surface area contributed by atoms with Gasteiger partial charge < -0.3 is 18.9 Å². The molecule has 0 aliphatic carbocycles. The van der Waals surface area contributed by atoms with Crippen molar-refractivity contribution in [1.82, 2.24) is 23.7 Å². The minimum atomic E-state index is -3.57. The first-order valence-electron chi connectivity index (χ1n) is 10.9. The van der Waals surface area contributed by atoms with Gasteiger partial charge in [-0.05, 0) is 30.5 Å². The Kier molecular flexibility index (Phi) is 5.78. The number of hydrogen-bond donors (Lipinski definition) is 0. The van der Waals surface area contributed by atoms with Gasteiger partial charge in [0.1, 0.15) is 6.54 Å². The van der Waals surface area contributed by atoms with Crippen molar-refractivity contribution < 1.29 is 22.7 Å². The van der Waals surface area contributed by atoms with E-state index in [1.807, 2.05) is 23.1 Å².